The number of hydrogen-bond acceptors (Lipinski definition) is 12. The summed E-state index contributed by atoms with van der Waals surface area (Å²) in [4.78, 5) is 104. The number of benzene rings is 1. The number of likely N-dealkylation sites (N-methyl/N-ethyl adjacent to an activating group) is 1. The minimum atomic E-state index is -0.915. The third-order valence-electron chi connectivity index (χ3n) is 9.90. The number of carbonyl (C=O) groups is 8. The number of nitrogens with zero attached hydrogens (tertiary/aromatic N) is 3. The normalized spacial score (nSPS) is 16.7. The molecule has 4 N–H and O–H groups in total. The van der Waals surface area contributed by atoms with Gasteiger partial charge in [0, 0.05) is 49.7 Å². The van der Waals surface area contributed by atoms with E-state index >= 15 is 0 Å². The molecule has 1 aromatic carbocycles. The summed E-state index contributed by atoms with van der Waals surface area (Å²) in [7, 11) is 1.59. The van der Waals surface area contributed by atoms with E-state index in [1.54, 1.807) is 19.2 Å². The lowest BCUT2D eigenvalue weighted by Gasteiger charge is -2.46. The zero-order valence-corrected chi connectivity index (χ0v) is 34.2. The van der Waals surface area contributed by atoms with Gasteiger partial charge in [0.15, 0.2) is 0 Å². The number of amides is 2. The van der Waals surface area contributed by atoms with Crippen molar-refractivity contribution in [3.8, 4) is 0 Å². The van der Waals surface area contributed by atoms with E-state index in [4.69, 9.17) is 5.11 Å². The summed E-state index contributed by atoms with van der Waals surface area (Å²) in [6, 6.07) is 5.97. The minimum Gasteiger partial charge on any atom is -0.480 e. The van der Waals surface area contributed by atoms with Crippen molar-refractivity contribution in [2.45, 2.75) is 123 Å². The predicted octanol–water partition coefficient (Wildman–Crippen LogP) is 2.44. The number of unbranched alkanes of at least 4 members (excludes halogenated alkanes) is 1. The van der Waals surface area contributed by atoms with Gasteiger partial charge >= 0.3 is 5.97 Å². The maximum atomic E-state index is 12.8. The Kier molecular flexibility index (Phi) is 21.5. The smallest absolute Gasteiger partial charge is 0.320 e. The number of anilines is 1. The summed E-state index contributed by atoms with van der Waals surface area (Å²) in [5.74, 6) is -1.87. The summed E-state index contributed by atoms with van der Waals surface area (Å²) in [6.07, 6.45) is 5.48. The molecule has 15 nitrogen and oxygen atoms in total. The van der Waals surface area contributed by atoms with Crippen LogP contribution in [0.1, 0.15) is 98.0 Å². The molecule has 0 aromatic heterocycles. The van der Waals surface area contributed by atoms with Gasteiger partial charge in [0.25, 0.3) is 0 Å². The monoisotopic (exact) mass is 784 g/mol. The number of nitrogens with one attached hydrogen (secondary N) is 3. The molecular formula is C41H64N6O9. The third-order valence-corrected chi connectivity index (χ3v) is 9.90. The molecule has 1 fully saturated rings. The van der Waals surface area contributed by atoms with Crippen molar-refractivity contribution < 1.29 is 43.5 Å². The van der Waals surface area contributed by atoms with E-state index in [2.05, 4.69) is 20.9 Å². The molecule has 0 radical (unpaired) electrons. The van der Waals surface area contributed by atoms with Gasteiger partial charge in [0.1, 0.15) is 35.0 Å². The zero-order valence-electron chi connectivity index (χ0n) is 34.2. The fourth-order valence-corrected chi connectivity index (χ4v) is 7.50. The van der Waals surface area contributed by atoms with Crippen molar-refractivity contribution in [1.29, 1.82) is 0 Å². The number of Topliss-reactive ketones (excluding diaryl/α,β-unsaturated/α-hetero) is 5. The Labute approximate surface area is 331 Å². The Morgan fingerprint density at radius 3 is 1.70 bits per heavy atom. The molecule has 15 heteroatoms. The first-order chi connectivity index (χ1) is 26.5. The Bertz CT molecular complexity index is 1470. The van der Waals surface area contributed by atoms with Crippen LogP contribution >= 0.6 is 0 Å². The number of ketones is 5. The second kappa shape index (κ2) is 25.1. The van der Waals surface area contributed by atoms with Crippen molar-refractivity contribution in [3.05, 3.63) is 29.8 Å². The van der Waals surface area contributed by atoms with E-state index in [0.717, 1.165) is 31.2 Å². The highest BCUT2D eigenvalue weighted by Gasteiger charge is 2.37. The average Bonchev–Trinajstić information content (AvgIpc) is 3.10. The standard InChI is InChI=1S/C41H64N6O9/c1-28(48)22-45(23-29(2)49)35(27-47(26-32(5)52)38-13-8-7-12-37(38)46(24-30(3)50)25-31(4)51)21-33-14-16-34(17-15-33)44-40(54)19-18-39(53)43-20-10-9-11-36(42-6)41(55)56/h14-17,35-38,42H,7-13,18-27H2,1-6H3,(H,43,53)(H,44,54)(H,55,56)/t35-,36?,37+,38+/m1/s1. The van der Waals surface area contributed by atoms with Crippen LogP contribution in [0.5, 0.6) is 0 Å². The predicted molar refractivity (Wildman–Crippen MR) is 213 cm³/mol. The quantitative estimate of drug-likeness (QED) is 0.0904. The lowest BCUT2D eigenvalue weighted by molar-refractivity contribution is -0.139. The first-order valence-electron chi connectivity index (χ1n) is 19.7. The lowest BCUT2D eigenvalue weighted by Crippen LogP contribution is -2.59. The van der Waals surface area contributed by atoms with Crippen molar-refractivity contribution in [2.75, 3.05) is 58.2 Å². The maximum Gasteiger partial charge on any atom is 0.320 e. The number of aliphatic carboxylic acids is 1. The fraction of sp³-hybridized carbons (Fsp3) is 0.659. The van der Waals surface area contributed by atoms with E-state index in [1.165, 1.54) is 34.6 Å². The van der Waals surface area contributed by atoms with Crippen LogP contribution < -0.4 is 16.0 Å². The molecule has 56 heavy (non-hydrogen) atoms. The van der Waals surface area contributed by atoms with Crippen LogP contribution in [-0.4, -0.2) is 144 Å². The molecule has 2 rings (SSSR count). The Balaban J connectivity index is 2.20. The highest BCUT2D eigenvalue weighted by Crippen LogP contribution is 2.29. The van der Waals surface area contributed by atoms with Gasteiger partial charge in [-0.3, -0.25) is 53.1 Å². The molecule has 0 saturated heterocycles. The van der Waals surface area contributed by atoms with Crippen LogP contribution in [0.4, 0.5) is 5.69 Å². The van der Waals surface area contributed by atoms with Crippen LogP contribution in [0.15, 0.2) is 24.3 Å². The SMILES string of the molecule is CNC(CCCCNC(=O)CCC(=O)Nc1ccc(C[C@H](CN(CC(C)=O)[C@H]2CCCC[C@@H]2N(CC(C)=O)CC(C)=O)N(CC(C)=O)CC(C)=O)cc1)C(=O)O. The first kappa shape index (κ1) is 48.0. The molecule has 1 aliphatic rings. The minimum absolute atomic E-state index is 0.00186. The number of carboxylic acids is 1. The van der Waals surface area contributed by atoms with Gasteiger partial charge < -0.3 is 21.1 Å². The fourth-order valence-electron chi connectivity index (χ4n) is 7.50. The molecule has 1 aromatic rings. The maximum absolute atomic E-state index is 12.8. The molecule has 0 spiro atoms. The van der Waals surface area contributed by atoms with E-state index < -0.39 is 12.0 Å². The van der Waals surface area contributed by atoms with Gasteiger partial charge in [-0.05, 0) is 97.9 Å². The molecule has 1 unspecified atom stereocenters. The molecule has 0 aliphatic heterocycles. The van der Waals surface area contributed by atoms with Crippen molar-refractivity contribution in [3.63, 3.8) is 0 Å². The van der Waals surface area contributed by atoms with E-state index in [-0.39, 0.29) is 104 Å². The molecule has 4 atom stereocenters. The summed E-state index contributed by atoms with van der Waals surface area (Å²) in [5.41, 5.74) is 1.42. The molecule has 0 bridgehead atoms. The summed E-state index contributed by atoms with van der Waals surface area (Å²) < 4.78 is 0. The summed E-state index contributed by atoms with van der Waals surface area (Å²) >= 11 is 0. The Hall–Kier alpha value is -4.18. The largest absolute Gasteiger partial charge is 0.480 e. The topological polar surface area (TPSA) is 203 Å². The lowest BCUT2D eigenvalue weighted by atomic mass is 9.86. The number of rotatable bonds is 28. The van der Waals surface area contributed by atoms with Crippen molar-refractivity contribution in [1.82, 2.24) is 25.3 Å². The van der Waals surface area contributed by atoms with E-state index in [9.17, 15) is 38.4 Å². The molecule has 312 valence electrons. The van der Waals surface area contributed by atoms with E-state index in [1.807, 2.05) is 21.9 Å². The van der Waals surface area contributed by atoms with Crippen LogP contribution in [-0.2, 0) is 44.8 Å². The van der Waals surface area contributed by atoms with Gasteiger partial charge in [0.2, 0.25) is 11.8 Å². The zero-order chi connectivity index (χ0) is 41.8. The summed E-state index contributed by atoms with van der Waals surface area (Å²) in [6.45, 7) is 8.69. The Morgan fingerprint density at radius 1 is 0.696 bits per heavy atom. The van der Waals surface area contributed by atoms with Crippen LogP contribution in [0.3, 0.4) is 0 Å². The number of carbonyl (C=O) groups excluding carboxylic acids is 7. The van der Waals surface area contributed by atoms with Crippen molar-refractivity contribution >= 4 is 52.4 Å². The van der Waals surface area contributed by atoms with Crippen LogP contribution in [0, 0.1) is 0 Å². The molecule has 1 saturated carbocycles. The van der Waals surface area contributed by atoms with Gasteiger partial charge in [-0.25, -0.2) is 0 Å². The van der Waals surface area contributed by atoms with Crippen molar-refractivity contribution in [2.24, 2.45) is 0 Å². The number of carboxylic acid groups (broad SMARTS) is 1. The van der Waals surface area contributed by atoms with Gasteiger partial charge in [-0.15, -0.1) is 0 Å². The highest BCUT2D eigenvalue weighted by molar-refractivity contribution is 5.93. The highest BCUT2D eigenvalue weighted by atomic mass is 16.4. The van der Waals surface area contributed by atoms with E-state index in [0.29, 0.717) is 44.5 Å². The Morgan fingerprint density at radius 2 is 1.20 bits per heavy atom. The van der Waals surface area contributed by atoms with Gasteiger partial charge in [-0.1, -0.05) is 25.0 Å². The van der Waals surface area contributed by atoms with Gasteiger partial charge in [-0.2, -0.15) is 0 Å². The molecule has 0 heterocycles. The van der Waals surface area contributed by atoms with Crippen LogP contribution in [0.25, 0.3) is 0 Å². The van der Waals surface area contributed by atoms with Gasteiger partial charge in [0.05, 0.1) is 32.7 Å². The second-order valence-electron chi connectivity index (χ2n) is 15.3. The molecule has 2 amide bonds. The van der Waals surface area contributed by atoms with Crippen LogP contribution in [0.2, 0.25) is 0 Å². The molecule has 1 aliphatic carbocycles. The second-order valence-corrected chi connectivity index (χ2v) is 15.3. The first-order valence-corrected chi connectivity index (χ1v) is 19.7. The molecular weight excluding hydrogens is 720 g/mol. The number of hydrogen-bond donors (Lipinski definition) is 4. The summed E-state index contributed by atoms with van der Waals surface area (Å²) in [5, 5.41) is 17.4. The third kappa shape index (κ3) is 18.6. The average molecular weight is 785 g/mol.